The molecule has 1 saturated carbocycles. The topological polar surface area (TPSA) is 52.6 Å². The smallest absolute Gasteiger partial charge is 0.323 e. The predicted molar refractivity (Wildman–Crippen MR) is 123 cm³/mol. The number of hydrogen-bond donors (Lipinski definition) is 0. The number of rotatable bonds is 3. The molecule has 0 saturated heterocycles. The maximum Gasteiger partial charge on any atom is 0.323 e. The van der Waals surface area contributed by atoms with Crippen molar-refractivity contribution in [2.75, 3.05) is 14.2 Å². The lowest BCUT2D eigenvalue weighted by atomic mass is 9.50. The third-order valence-corrected chi connectivity index (χ3v) is 6.96. The van der Waals surface area contributed by atoms with Gasteiger partial charge in [0.05, 0.1) is 14.2 Å². The number of methoxy groups -OCH3 is 2. The molecule has 2 aliphatic carbocycles. The Kier molecular flexibility index (Phi) is 5.75. The summed E-state index contributed by atoms with van der Waals surface area (Å²) in [6.45, 7) is 13.0. The molecule has 1 aromatic carbocycles. The fraction of sp³-hybridized carbons (Fsp3) is 0.556. The lowest BCUT2D eigenvalue weighted by Gasteiger charge is -2.53. The Morgan fingerprint density at radius 1 is 1.03 bits per heavy atom. The molecule has 0 aliphatic heterocycles. The molecule has 4 heteroatoms. The average Bonchev–Trinajstić information content (AvgIpc) is 2.72. The third-order valence-electron chi connectivity index (χ3n) is 6.96. The van der Waals surface area contributed by atoms with Gasteiger partial charge in [-0.3, -0.25) is 9.59 Å². The van der Waals surface area contributed by atoms with E-state index in [0.29, 0.717) is 6.42 Å². The van der Waals surface area contributed by atoms with Crippen molar-refractivity contribution < 1.29 is 19.1 Å². The van der Waals surface area contributed by atoms with Crippen LogP contribution in [0.4, 0.5) is 0 Å². The highest BCUT2D eigenvalue weighted by Crippen LogP contribution is 2.60. The highest BCUT2D eigenvalue weighted by atomic mass is 16.5. The molecule has 0 radical (unpaired) electrons. The van der Waals surface area contributed by atoms with E-state index in [1.54, 1.807) is 0 Å². The number of carbonyl (C=O) groups is 2. The molecule has 1 atom stereocenters. The van der Waals surface area contributed by atoms with E-state index in [0.717, 1.165) is 12.0 Å². The van der Waals surface area contributed by atoms with E-state index in [2.05, 4.69) is 78.0 Å². The number of ether oxygens (including phenoxy) is 2. The normalized spacial score (nSPS) is 25.2. The summed E-state index contributed by atoms with van der Waals surface area (Å²) >= 11 is 0. The highest BCUT2D eigenvalue weighted by molar-refractivity contribution is 6.01. The van der Waals surface area contributed by atoms with E-state index in [1.807, 2.05) is 0 Å². The van der Waals surface area contributed by atoms with E-state index in [1.165, 1.54) is 30.9 Å². The van der Waals surface area contributed by atoms with Crippen LogP contribution in [-0.2, 0) is 29.9 Å². The van der Waals surface area contributed by atoms with Crippen molar-refractivity contribution in [1.29, 1.82) is 0 Å². The van der Waals surface area contributed by atoms with Gasteiger partial charge in [-0.1, -0.05) is 78.0 Å². The molecule has 1 unspecified atom stereocenters. The molecule has 4 nitrogen and oxygen atoms in total. The highest BCUT2D eigenvalue weighted by Gasteiger charge is 2.60. The Hall–Kier alpha value is -2.36. The first-order valence-electron chi connectivity index (χ1n) is 11.1. The van der Waals surface area contributed by atoms with Crippen LogP contribution in [0.1, 0.15) is 71.9 Å². The Morgan fingerprint density at radius 2 is 1.58 bits per heavy atom. The Bertz CT molecular complexity index is 942. The monoisotopic (exact) mass is 424 g/mol. The van der Waals surface area contributed by atoms with E-state index in [9.17, 15) is 9.59 Å². The number of fused-ring (bicyclic) bond motifs is 3. The minimum Gasteiger partial charge on any atom is -0.468 e. The standard InChI is InChI=1S/C27H36O4/c1-9-26-17-27(22(28)30-7,23(29)31-8)15-18(14-24(2,3)4)21(26)16-25(5,6)19-12-10-11-13-20(19)26/h10-14,16H,9,15,17H2,1-8H3/b18-14+. The molecule has 3 rings (SSSR count). The molecule has 31 heavy (non-hydrogen) atoms. The molecule has 0 bridgehead atoms. The summed E-state index contributed by atoms with van der Waals surface area (Å²) < 4.78 is 10.4. The summed E-state index contributed by atoms with van der Waals surface area (Å²) in [6, 6.07) is 8.44. The van der Waals surface area contributed by atoms with Crippen LogP contribution in [0.5, 0.6) is 0 Å². The van der Waals surface area contributed by atoms with Gasteiger partial charge in [0.2, 0.25) is 0 Å². The van der Waals surface area contributed by atoms with Crippen molar-refractivity contribution in [3.63, 3.8) is 0 Å². The van der Waals surface area contributed by atoms with Gasteiger partial charge in [-0.05, 0) is 47.0 Å². The van der Waals surface area contributed by atoms with Crippen LogP contribution in [0.15, 0.2) is 47.6 Å². The summed E-state index contributed by atoms with van der Waals surface area (Å²) in [5.74, 6) is -1.04. The number of esters is 2. The second kappa shape index (κ2) is 7.65. The van der Waals surface area contributed by atoms with Gasteiger partial charge in [-0.15, -0.1) is 0 Å². The maximum atomic E-state index is 13.2. The van der Waals surface area contributed by atoms with E-state index >= 15 is 0 Å². The van der Waals surface area contributed by atoms with Crippen molar-refractivity contribution in [2.45, 2.75) is 71.6 Å². The van der Waals surface area contributed by atoms with Crippen molar-refractivity contribution in [3.8, 4) is 0 Å². The largest absolute Gasteiger partial charge is 0.468 e. The summed E-state index contributed by atoms with van der Waals surface area (Å²) in [5, 5.41) is 0. The molecular weight excluding hydrogens is 388 g/mol. The zero-order valence-electron chi connectivity index (χ0n) is 20.2. The first kappa shape index (κ1) is 23.3. The Morgan fingerprint density at radius 3 is 2.06 bits per heavy atom. The number of carbonyl (C=O) groups excluding carboxylic acids is 2. The Labute approximate surface area is 186 Å². The first-order chi connectivity index (χ1) is 14.4. The van der Waals surface area contributed by atoms with Crippen molar-refractivity contribution in [1.82, 2.24) is 0 Å². The van der Waals surface area contributed by atoms with Crippen LogP contribution in [0.2, 0.25) is 0 Å². The van der Waals surface area contributed by atoms with Crippen LogP contribution >= 0.6 is 0 Å². The van der Waals surface area contributed by atoms with Crippen molar-refractivity contribution in [2.24, 2.45) is 10.8 Å². The molecular formula is C27H36O4. The fourth-order valence-corrected chi connectivity index (χ4v) is 5.69. The Balaban J connectivity index is 2.42. The van der Waals surface area contributed by atoms with Gasteiger partial charge in [0, 0.05) is 10.8 Å². The fourth-order valence-electron chi connectivity index (χ4n) is 5.69. The van der Waals surface area contributed by atoms with Crippen molar-refractivity contribution >= 4 is 11.9 Å². The molecule has 0 heterocycles. The molecule has 0 aromatic heterocycles. The second-order valence-corrected chi connectivity index (χ2v) is 10.7. The molecule has 0 spiro atoms. The van der Waals surface area contributed by atoms with Gasteiger partial charge in [0.1, 0.15) is 0 Å². The van der Waals surface area contributed by atoms with Gasteiger partial charge >= 0.3 is 11.9 Å². The SMILES string of the molecule is CCC12CC(C(=O)OC)(C(=O)OC)C/C(=C\C(C)(C)C)C1=CC(C)(C)c1ccccc12. The van der Waals surface area contributed by atoms with Gasteiger partial charge in [-0.25, -0.2) is 0 Å². The third kappa shape index (κ3) is 3.64. The van der Waals surface area contributed by atoms with Crippen LogP contribution in [0.25, 0.3) is 0 Å². The number of allylic oxidation sites excluding steroid dienone is 4. The van der Waals surface area contributed by atoms with Crippen LogP contribution in [0.3, 0.4) is 0 Å². The molecule has 168 valence electrons. The zero-order chi connectivity index (χ0) is 23.2. The summed E-state index contributed by atoms with van der Waals surface area (Å²) in [5.41, 5.74) is 2.59. The molecule has 0 N–H and O–H groups in total. The van der Waals surface area contributed by atoms with E-state index in [-0.39, 0.29) is 17.3 Å². The second-order valence-electron chi connectivity index (χ2n) is 10.7. The van der Waals surface area contributed by atoms with Crippen LogP contribution in [0, 0.1) is 10.8 Å². The predicted octanol–water partition coefficient (Wildman–Crippen LogP) is 5.65. The zero-order valence-corrected chi connectivity index (χ0v) is 20.2. The minimum absolute atomic E-state index is 0.119. The summed E-state index contributed by atoms with van der Waals surface area (Å²) in [4.78, 5) is 26.4. The average molecular weight is 425 g/mol. The first-order valence-corrected chi connectivity index (χ1v) is 11.1. The molecule has 0 amide bonds. The van der Waals surface area contributed by atoms with Gasteiger partial charge in [-0.2, -0.15) is 0 Å². The van der Waals surface area contributed by atoms with E-state index < -0.39 is 22.8 Å². The van der Waals surface area contributed by atoms with Gasteiger partial charge in [0.25, 0.3) is 0 Å². The lowest BCUT2D eigenvalue weighted by Crippen LogP contribution is -2.53. The molecule has 1 fully saturated rings. The van der Waals surface area contributed by atoms with Crippen LogP contribution in [-0.4, -0.2) is 26.2 Å². The lowest BCUT2D eigenvalue weighted by molar-refractivity contribution is -0.171. The van der Waals surface area contributed by atoms with Crippen LogP contribution < -0.4 is 0 Å². The van der Waals surface area contributed by atoms with Gasteiger partial charge < -0.3 is 9.47 Å². The molecule has 1 aromatic rings. The summed E-state index contributed by atoms with van der Waals surface area (Å²) in [7, 11) is 2.70. The van der Waals surface area contributed by atoms with E-state index in [4.69, 9.17) is 9.47 Å². The number of benzene rings is 1. The maximum absolute atomic E-state index is 13.2. The van der Waals surface area contributed by atoms with Crippen molar-refractivity contribution in [3.05, 3.63) is 58.7 Å². The minimum atomic E-state index is -1.37. The van der Waals surface area contributed by atoms with Gasteiger partial charge in [0.15, 0.2) is 5.41 Å². The quantitative estimate of drug-likeness (QED) is 0.465. The number of hydrogen-bond acceptors (Lipinski definition) is 4. The molecule has 2 aliphatic rings. The summed E-state index contributed by atoms with van der Waals surface area (Å²) in [6.07, 6.45) is 5.97.